The van der Waals surface area contributed by atoms with Crippen molar-refractivity contribution in [3.05, 3.63) is 0 Å². The third-order valence-corrected chi connectivity index (χ3v) is 3.79. The molecule has 5 heteroatoms. The predicted octanol–water partition coefficient (Wildman–Crippen LogP) is 2.79. The molecule has 0 heterocycles. The van der Waals surface area contributed by atoms with E-state index in [1.165, 1.54) is 0 Å². The Labute approximate surface area is 115 Å². The first kappa shape index (κ1) is 15.8. The normalized spacial score (nSPS) is 27.7. The number of amides is 1. The maximum Gasteiger partial charge on any atom is 0.408 e. The molecule has 110 valence electrons. The van der Waals surface area contributed by atoms with Gasteiger partial charge in [-0.25, -0.2) is 4.79 Å². The zero-order valence-electron chi connectivity index (χ0n) is 12.5. The van der Waals surface area contributed by atoms with E-state index in [0.717, 1.165) is 32.1 Å². The second-order valence-corrected chi connectivity index (χ2v) is 6.47. The highest BCUT2D eigenvalue weighted by atomic mass is 16.6. The Bertz CT molecular complexity index is 339. The van der Waals surface area contributed by atoms with Crippen LogP contribution in [0.4, 0.5) is 4.79 Å². The Kier molecular flexibility index (Phi) is 4.82. The fourth-order valence-electron chi connectivity index (χ4n) is 2.54. The van der Waals surface area contributed by atoms with Crippen molar-refractivity contribution in [3.8, 4) is 0 Å². The average molecular weight is 269 g/mol. The Balaban J connectivity index is 2.69. The van der Waals surface area contributed by atoms with Crippen molar-refractivity contribution >= 4 is 11.9 Å². The quantitative estimate of drug-likeness (QED) is 0.543. The Morgan fingerprint density at radius 3 is 2.32 bits per heavy atom. The van der Waals surface area contributed by atoms with Gasteiger partial charge in [0, 0.05) is 0 Å². The number of nitrogens with two attached hydrogens (primary N) is 1. The molecule has 1 amide bonds. The zero-order chi connectivity index (χ0) is 14.7. The van der Waals surface area contributed by atoms with Gasteiger partial charge in [0.05, 0.1) is 0 Å². The van der Waals surface area contributed by atoms with Crippen molar-refractivity contribution in [2.45, 2.75) is 70.9 Å². The minimum atomic E-state index is -0.714. The van der Waals surface area contributed by atoms with E-state index in [2.05, 4.69) is 12.2 Å². The molecule has 0 spiro atoms. The van der Waals surface area contributed by atoms with Crippen LogP contribution in [0.2, 0.25) is 0 Å². The highest BCUT2D eigenvalue weighted by Crippen LogP contribution is 2.34. The van der Waals surface area contributed by atoms with Crippen LogP contribution in [-0.4, -0.2) is 23.1 Å². The number of alkyl carbamates (subject to hydrolysis) is 1. The Hall–Kier alpha value is -1.26. The molecule has 0 saturated heterocycles. The molecule has 4 N–H and O–H groups in total. The summed E-state index contributed by atoms with van der Waals surface area (Å²) < 4.78 is 5.27. The SMILES string of the molecule is CCC1CCC(NC(=O)OC(C)(C)C)(C(=N)N)CC1. The summed E-state index contributed by atoms with van der Waals surface area (Å²) in [7, 11) is 0. The average Bonchev–Trinajstić information content (AvgIpc) is 2.27. The van der Waals surface area contributed by atoms with Gasteiger partial charge in [-0.2, -0.15) is 0 Å². The van der Waals surface area contributed by atoms with E-state index in [1.54, 1.807) is 0 Å². The second-order valence-electron chi connectivity index (χ2n) is 6.47. The minimum absolute atomic E-state index is 0.0351. The van der Waals surface area contributed by atoms with Crippen LogP contribution in [0.25, 0.3) is 0 Å². The van der Waals surface area contributed by atoms with E-state index < -0.39 is 17.2 Å². The molecule has 1 saturated carbocycles. The van der Waals surface area contributed by atoms with Gasteiger partial charge in [-0.1, -0.05) is 13.3 Å². The molecule has 0 aromatic carbocycles. The Morgan fingerprint density at radius 2 is 1.95 bits per heavy atom. The lowest BCUT2D eigenvalue weighted by Crippen LogP contribution is -2.59. The van der Waals surface area contributed by atoms with E-state index in [4.69, 9.17) is 15.9 Å². The molecule has 0 aromatic heterocycles. The van der Waals surface area contributed by atoms with Crippen molar-refractivity contribution < 1.29 is 9.53 Å². The second kappa shape index (κ2) is 5.80. The first-order chi connectivity index (χ1) is 8.68. The largest absolute Gasteiger partial charge is 0.444 e. The highest BCUT2D eigenvalue weighted by molar-refractivity contribution is 5.90. The summed E-state index contributed by atoms with van der Waals surface area (Å²) in [5.41, 5.74) is 4.46. The summed E-state index contributed by atoms with van der Waals surface area (Å²) in [6.45, 7) is 7.63. The number of carbonyl (C=O) groups excluding carboxylic acids is 1. The predicted molar refractivity (Wildman–Crippen MR) is 76.3 cm³/mol. The fourth-order valence-corrected chi connectivity index (χ4v) is 2.54. The minimum Gasteiger partial charge on any atom is -0.444 e. The summed E-state index contributed by atoms with van der Waals surface area (Å²) in [5.74, 6) is 0.709. The number of amidine groups is 1. The molecular weight excluding hydrogens is 242 g/mol. The third-order valence-electron chi connectivity index (χ3n) is 3.79. The molecule has 0 radical (unpaired) electrons. The van der Waals surface area contributed by atoms with Gasteiger partial charge >= 0.3 is 6.09 Å². The van der Waals surface area contributed by atoms with Crippen LogP contribution in [0.1, 0.15) is 59.8 Å². The van der Waals surface area contributed by atoms with Crippen molar-refractivity contribution in [3.63, 3.8) is 0 Å². The van der Waals surface area contributed by atoms with Gasteiger partial charge in [0.2, 0.25) is 0 Å². The van der Waals surface area contributed by atoms with Crippen molar-refractivity contribution in [2.24, 2.45) is 11.7 Å². The van der Waals surface area contributed by atoms with Gasteiger partial charge in [-0.3, -0.25) is 5.41 Å². The van der Waals surface area contributed by atoms with Gasteiger partial charge < -0.3 is 15.8 Å². The summed E-state index contributed by atoms with van der Waals surface area (Å²) in [6, 6.07) is 0. The summed E-state index contributed by atoms with van der Waals surface area (Å²) >= 11 is 0. The maximum atomic E-state index is 11.9. The van der Waals surface area contributed by atoms with Gasteiger partial charge in [0.15, 0.2) is 0 Å². The van der Waals surface area contributed by atoms with Crippen LogP contribution in [-0.2, 0) is 4.74 Å². The van der Waals surface area contributed by atoms with Gasteiger partial charge in [-0.15, -0.1) is 0 Å². The first-order valence-corrected chi connectivity index (χ1v) is 7.04. The molecule has 1 aliphatic carbocycles. The van der Waals surface area contributed by atoms with Gasteiger partial charge in [0.25, 0.3) is 0 Å². The van der Waals surface area contributed by atoms with Crippen molar-refractivity contribution in [1.29, 1.82) is 5.41 Å². The van der Waals surface area contributed by atoms with Crippen LogP contribution in [0.5, 0.6) is 0 Å². The Morgan fingerprint density at radius 1 is 1.42 bits per heavy atom. The number of ether oxygens (including phenoxy) is 1. The number of carbonyl (C=O) groups is 1. The lowest BCUT2D eigenvalue weighted by atomic mass is 9.75. The smallest absolute Gasteiger partial charge is 0.408 e. The molecule has 0 aliphatic heterocycles. The summed E-state index contributed by atoms with van der Waals surface area (Å²) in [5, 5.41) is 10.6. The van der Waals surface area contributed by atoms with Gasteiger partial charge in [-0.05, 0) is 52.4 Å². The molecule has 1 rings (SSSR count). The monoisotopic (exact) mass is 269 g/mol. The topological polar surface area (TPSA) is 88.2 Å². The van der Waals surface area contributed by atoms with Crippen LogP contribution in [0.15, 0.2) is 0 Å². The molecule has 0 unspecified atom stereocenters. The molecule has 5 nitrogen and oxygen atoms in total. The highest BCUT2D eigenvalue weighted by Gasteiger charge is 2.40. The summed E-state index contributed by atoms with van der Waals surface area (Å²) in [6.07, 6.45) is 4.08. The van der Waals surface area contributed by atoms with Crippen molar-refractivity contribution in [2.75, 3.05) is 0 Å². The van der Waals surface area contributed by atoms with E-state index in [0.29, 0.717) is 5.92 Å². The lowest BCUT2D eigenvalue weighted by Gasteiger charge is -2.39. The molecule has 1 fully saturated rings. The standard InChI is InChI=1S/C14H27N3O2/c1-5-10-6-8-14(9-7-10,11(15)16)17-12(18)19-13(2,3)4/h10H,5-9H2,1-4H3,(H3,15,16)(H,17,18). The van der Waals surface area contributed by atoms with Crippen molar-refractivity contribution in [1.82, 2.24) is 5.32 Å². The molecule has 19 heavy (non-hydrogen) atoms. The number of nitrogens with one attached hydrogen (secondary N) is 2. The van der Waals surface area contributed by atoms with Crippen LogP contribution in [0, 0.1) is 11.3 Å². The molecular formula is C14H27N3O2. The van der Waals surface area contributed by atoms with E-state index in [9.17, 15) is 4.79 Å². The van der Waals surface area contributed by atoms with Crippen LogP contribution >= 0.6 is 0 Å². The molecule has 0 aromatic rings. The molecule has 1 aliphatic rings. The molecule has 0 bridgehead atoms. The van der Waals surface area contributed by atoms with E-state index >= 15 is 0 Å². The number of rotatable bonds is 3. The lowest BCUT2D eigenvalue weighted by molar-refractivity contribution is 0.0457. The number of hydrogen-bond donors (Lipinski definition) is 3. The van der Waals surface area contributed by atoms with Gasteiger partial charge in [0.1, 0.15) is 17.0 Å². The molecule has 0 atom stereocenters. The van der Waals surface area contributed by atoms with E-state index in [-0.39, 0.29) is 5.84 Å². The third kappa shape index (κ3) is 4.40. The first-order valence-electron chi connectivity index (χ1n) is 7.04. The zero-order valence-corrected chi connectivity index (χ0v) is 12.5. The van der Waals surface area contributed by atoms with E-state index in [1.807, 2.05) is 20.8 Å². The summed E-state index contributed by atoms with van der Waals surface area (Å²) in [4.78, 5) is 11.9. The maximum absolute atomic E-state index is 11.9. The van der Waals surface area contributed by atoms with Crippen LogP contribution in [0.3, 0.4) is 0 Å². The fraction of sp³-hybridized carbons (Fsp3) is 0.857. The van der Waals surface area contributed by atoms with Crippen LogP contribution < -0.4 is 11.1 Å². The number of hydrogen-bond acceptors (Lipinski definition) is 3.